The molecule has 0 unspecified atom stereocenters. The summed E-state index contributed by atoms with van der Waals surface area (Å²) in [6.07, 6.45) is 1.30. The van der Waals surface area contributed by atoms with Crippen molar-refractivity contribution in [3.8, 4) is 11.5 Å². The van der Waals surface area contributed by atoms with Crippen molar-refractivity contribution in [2.75, 3.05) is 18.5 Å². The first-order valence-electron chi connectivity index (χ1n) is 9.59. The number of rotatable bonds is 7. The molecule has 0 aliphatic rings. The summed E-state index contributed by atoms with van der Waals surface area (Å²) in [7, 11) is -0.832. The zero-order valence-electron chi connectivity index (χ0n) is 17.8. The summed E-state index contributed by atoms with van der Waals surface area (Å²) >= 11 is 0. The highest BCUT2D eigenvalue weighted by Gasteiger charge is 2.21. The van der Waals surface area contributed by atoms with E-state index in [1.165, 1.54) is 44.6 Å². The predicted molar refractivity (Wildman–Crippen MR) is 123 cm³/mol. The Balaban J connectivity index is 1.70. The number of benzene rings is 3. The third-order valence-electron chi connectivity index (χ3n) is 4.79. The first-order chi connectivity index (χ1) is 15.2. The number of carbonyl (C=O) groups is 1. The van der Waals surface area contributed by atoms with Crippen molar-refractivity contribution in [1.82, 2.24) is 5.43 Å². The zero-order valence-corrected chi connectivity index (χ0v) is 18.6. The molecule has 166 valence electrons. The number of nitrogens with zero attached hydrogens (tertiary/aromatic N) is 2. The van der Waals surface area contributed by atoms with Crippen molar-refractivity contribution in [2.24, 2.45) is 5.10 Å². The fourth-order valence-corrected chi connectivity index (χ4v) is 4.06. The first kappa shape index (κ1) is 22.8. The number of phenols is 1. The van der Waals surface area contributed by atoms with Gasteiger partial charge in [-0.15, -0.1) is 0 Å². The lowest BCUT2D eigenvalue weighted by Crippen LogP contribution is -2.26. The van der Waals surface area contributed by atoms with Crippen molar-refractivity contribution in [3.05, 3.63) is 83.4 Å². The summed E-state index contributed by atoms with van der Waals surface area (Å²) < 4.78 is 31.8. The van der Waals surface area contributed by atoms with E-state index in [9.17, 15) is 18.3 Å². The fourth-order valence-electron chi connectivity index (χ4n) is 2.86. The molecular formula is C23H23N3O5S. The van der Waals surface area contributed by atoms with Crippen LogP contribution in [0.3, 0.4) is 0 Å². The van der Waals surface area contributed by atoms with E-state index < -0.39 is 15.9 Å². The number of aromatic hydroxyl groups is 1. The Bertz CT molecular complexity index is 1240. The normalized spacial score (nSPS) is 11.3. The minimum Gasteiger partial charge on any atom is -0.504 e. The van der Waals surface area contributed by atoms with Crippen LogP contribution in [0.15, 0.2) is 76.7 Å². The van der Waals surface area contributed by atoms with Gasteiger partial charge in [-0.25, -0.2) is 13.8 Å². The van der Waals surface area contributed by atoms with E-state index in [0.29, 0.717) is 22.6 Å². The molecule has 0 spiro atoms. The number of sulfonamides is 1. The molecule has 0 fully saturated rings. The molecule has 3 aromatic rings. The number of hydrazone groups is 1. The molecule has 0 atom stereocenters. The molecule has 2 N–H and O–H groups in total. The van der Waals surface area contributed by atoms with E-state index >= 15 is 0 Å². The summed E-state index contributed by atoms with van der Waals surface area (Å²) in [5.74, 6) is -0.282. The van der Waals surface area contributed by atoms with Crippen LogP contribution in [0.5, 0.6) is 11.5 Å². The molecule has 0 aliphatic carbocycles. The number of ether oxygens (including phenoxy) is 1. The van der Waals surface area contributed by atoms with Crippen LogP contribution in [-0.4, -0.2) is 39.8 Å². The lowest BCUT2D eigenvalue weighted by molar-refractivity contribution is 0.0955. The van der Waals surface area contributed by atoms with Crippen LogP contribution in [0.1, 0.15) is 21.5 Å². The quantitative estimate of drug-likeness (QED) is 0.422. The topological polar surface area (TPSA) is 108 Å². The molecule has 0 heterocycles. The Hall–Kier alpha value is -3.85. The number of amides is 1. The smallest absolute Gasteiger partial charge is 0.271 e. The van der Waals surface area contributed by atoms with Crippen LogP contribution in [-0.2, 0) is 10.0 Å². The molecule has 1 amide bonds. The Morgan fingerprint density at radius 1 is 1.06 bits per heavy atom. The monoisotopic (exact) mass is 453 g/mol. The summed E-state index contributed by atoms with van der Waals surface area (Å²) in [5, 5.41) is 13.9. The standard InChI is InChI=1S/C23H23N3O5S/c1-16-7-13-20(14-8-16)32(29,30)26(2)19-11-9-17(10-12-19)23(28)25-24-15-18-5-4-6-21(31-3)22(18)27/h4-15,27H,1-3H3,(H,25,28)/b24-15-. The van der Waals surface area contributed by atoms with Crippen LogP contribution in [0, 0.1) is 6.92 Å². The van der Waals surface area contributed by atoms with Gasteiger partial charge in [0, 0.05) is 18.2 Å². The molecule has 0 saturated heterocycles. The average molecular weight is 454 g/mol. The third-order valence-corrected chi connectivity index (χ3v) is 6.59. The second-order valence-electron chi connectivity index (χ2n) is 6.93. The highest BCUT2D eigenvalue weighted by Crippen LogP contribution is 2.28. The van der Waals surface area contributed by atoms with E-state index in [1.807, 2.05) is 6.92 Å². The molecule has 0 aliphatic heterocycles. The van der Waals surface area contributed by atoms with Gasteiger partial charge in [0.25, 0.3) is 15.9 Å². The van der Waals surface area contributed by atoms with Crippen molar-refractivity contribution in [1.29, 1.82) is 0 Å². The summed E-state index contributed by atoms with van der Waals surface area (Å²) in [6.45, 7) is 1.88. The molecule has 0 bridgehead atoms. The fraction of sp³-hybridized carbons (Fsp3) is 0.130. The second-order valence-corrected chi connectivity index (χ2v) is 8.90. The van der Waals surface area contributed by atoms with Gasteiger partial charge >= 0.3 is 0 Å². The van der Waals surface area contributed by atoms with Crippen molar-refractivity contribution in [2.45, 2.75) is 11.8 Å². The van der Waals surface area contributed by atoms with Crippen LogP contribution in [0.4, 0.5) is 5.69 Å². The van der Waals surface area contributed by atoms with Crippen molar-refractivity contribution >= 4 is 27.8 Å². The van der Waals surface area contributed by atoms with Gasteiger partial charge in [0.1, 0.15) is 0 Å². The first-order valence-corrected chi connectivity index (χ1v) is 11.0. The molecular weight excluding hydrogens is 430 g/mol. The SMILES string of the molecule is COc1cccc(/C=N\NC(=O)c2ccc(N(C)S(=O)(=O)c3ccc(C)cc3)cc2)c1O. The molecule has 32 heavy (non-hydrogen) atoms. The maximum absolute atomic E-state index is 12.8. The van der Waals surface area contributed by atoms with E-state index in [0.717, 1.165) is 9.87 Å². The lowest BCUT2D eigenvalue weighted by atomic mass is 10.2. The molecule has 9 heteroatoms. The number of carbonyl (C=O) groups excluding carboxylic acids is 1. The largest absolute Gasteiger partial charge is 0.504 e. The molecule has 0 radical (unpaired) electrons. The molecule has 3 aromatic carbocycles. The van der Waals surface area contributed by atoms with E-state index in [2.05, 4.69) is 10.5 Å². The van der Waals surface area contributed by atoms with Crippen LogP contribution >= 0.6 is 0 Å². The molecule has 3 rings (SSSR count). The van der Waals surface area contributed by atoms with Gasteiger partial charge < -0.3 is 9.84 Å². The highest BCUT2D eigenvalue weighted by atomic mass is 32.2. The van der Waals surface area contributed by atoms with Crippen molar-refractivity contribution in [3.63, 3.8) is 0 Å². The average Bonchev–Trinajstić information content (AvgIpc) is 2.80. The van der Waals surface area contributed by atoms with Crippen LogP contribution in [0.2, 0.25) is 0 Å². The molecule has 0 aromatic heterocycles. The van der Waals surface area contributed by atoms with Crippen LogP contribution in [0.25, 0.3) is 0 Å². The number of nitrogens with one attached hydrogen (secondary N) is 1. The zero-order chi connectivity index (χ0) is 23.3. The van der Waals surface area contributed by atoms with Gasteiger partial charge in [0.15, 0.2) is 11.5 Å². The Morgan fingerprint density at radius 2 is 1.72 bits per heavy atom. The van der Waals surface area contributed by atoms with E-state index in [4.69, 9.17) is 4.74 Å². The number of hydrogen-bond donors (Lipinski definition) is 2. The summed E-state index contributed by atoms with van der Waals surface area (Å²) in [6, 6.07) is 17.6. The number of para-hydroxylation sites is 1. The second kappa shape index (κ2) is 9.52. The highest BCUT2D eigenvalue weighted by molar-refractivity contribution is 7.92. The predicted octanol–water partition coefficient (Wildman–Crippen LogP) is 3.30. The van der Waals surface area contributed by atoms with Crippen LogP contribution < -0.4 is 14.5 Å². The maximum atomic E-state index is 12.8. The number of methoxy groups -OCH3 is 1. The summed E-state index contributed by atoms with van der Waals surface area (Å²) in [5.41, 5.74) is 4.41. The van der Waals surface area contributed by atoms with Gasteiger partial charge in [-0.05, 0) is 55.5 Å². The Kier molecular flexibility index (Phi) is 6.79. The maximum Gasteiger partial charge on any atom is 0.271 e. The van der Waals surface area contributed by atoms with Gasteiger partial charge in [0.05, 0.1) is 23.9 Å². The number of hydrogen-bond acceptors (Lipinski definition) is 6. The number of aryl methyl sites for hydroxylation is 1. The summed E-state index contributed by atoms with van der Waals surface area (Å²) in [4.78, 5) is 12.5. The van der Waals surface area contributed by atoms with Crippen molar-refractivity contribution < 1.29 is 23.1 Å². The Labute approximate surface area is 186 Å². The van der Waals surface area contributed by atoms with Gasteiger partial charge in [-0.1, -0.05) is 23.8 Å². The van der Waals surface area contributed by atoms with Gasteiger partial charge in [0.2, 0.25) is 0 Å². The third kappa shape index (κ3) is 4.89. The molecule has 0 saturated carbocycles. The van der Waals surface area contributed by atoms with E-state index in [-0.39, 0.29) is 10.6 Å². The molecule has 8 nitrogen and oxygen atoms in total. The number of phenolic OH excluding ortho intramolecular Hbond substituents is 1. The van der Waals surface area contributed by atoms with Gasteiger partial charge in [-0.3, -0.25) is 9.10 Å². The minimum atomic E-state index is -3.72. The number of anilines is 1. The minimum absolute atomic E-state index is 0.0878. The van der Waals surface area contributed by atoms with Gasteiger partial charge in [-0.2, -0.15) is 5.10 Å². The Morgan fingerprint density at radius 3 is 2.34 bits per heavy atom. The lowest BCUT2D eigenvalue weighted by Gasteiger charge is -2.19. The van der Waals surface area contributed by atoms with E-state index in [1.54, 1.807) is 42.5 Å².